The quantitative estimate of drug-likeness (QED) is 0.421. The van der Waals surface area contributed by atoms with Crippen LogP contribution in [0.15, 0.2) is 59.0 Å². The van der Waals surface area contributed by atoms with Crippen molar-refractivity contribution in [1.29, 1.82) is 0 Å². The number of carbonyl (C=O) groups is 1. The Morgan fingerprint density at radius 1 is 1.26 bits per heavy atom. The predicted octanol–water partition coefficient (Wildman–Crippen LogP) is 3.84. The number of aromatic amines is 1. The highest BCUT2D eigenvalue weighted by Gasteiger charge is 2.15. The minimum Gasteiger partial charge on any atom is -0.305 e. The summed E-state index contributed by atoms with van der Waals surface area (Å²) in [6.07, 6.45) is 3.59. The van der Waals surface area contributed by atoms with E-state index in [4.69, 9.17) is 11.6 Å². The molecule has 134 valence electrons. The summed E-state index contributed by atoms with van der Waals surface area (Å²) in [5, 5.41) is 3.16. The molecule has 0 aliphatic heterocycles. The maximum absolute atomic E-state index is 12.7. The molecule has 1 aromatic carbocycles. The smallest absolute Gasteiger partial charge is 0.260 e. The van der Waals surface area contributed by atoms with Gasteiger partial charge in [-0.1, -0.05) is 23.7 Å². The molecule has 0 aliphatic carbocycles. The van der Waals surface area contributed by atoms with Crippen LogP contribution in [0, 0.1) is 0 Å². The number of pyridine rings is 1. The van der Waals surface area contributed by atoms with Crippen molar-refractivity contribution in [2.75, 3.05) is 0 Å². The second-order valence-corrected chi connectivity index (χ2v) is 7.46. The van der Waals surface area contributed by atoms with Crippen LogP contribution in [0.3, 0.4) is 0 Å². The fourth-order valence-electron chi connectivity index (χ4n) is 2.91. The Bertz CT molecular complexity index is 1210. The van der Waals surface area contributed by atoms with E-state index in [-0.39, 0.29) is 11.3 Å². The summed E-state index contributed by atoms with van der Waals surface area (Å²) in [4.78, 5) is 32.4. The minimum atomic E-state index is -0.176. The van der Waals surface area contributed by atoms with Crippen molar-refractivity contribution in [2.24, 2.45) is 0 Å². The fraction of sp³-hybridized carbons (Fsp3) is 0.100. The second kappa shape index (κ2) is 7.06. The van der Waals surface area contributed by atoms with Crippen LogP contribution in [0.2, 0.25) is 5.02 Å². The molecule has 0 spiro atoms. The average molecular weight is 397 g/mol. The molecule has 0 aliphatic rings. The number of hydrogen-bond acceptors (Lipinski definition) is 4. The monoisotopic (exact) mass is 396 g/mol. The molecule has 5 nitrogen and oxygen atoms in total. The van der Waals surface area contributed by atoms with Crippen LogP contribution >= 0.6 is 22.9 Å². The van der Waals surface area contributed by atoms with Crippen LogP contribution < -0.4 is 10.1 Å². The van der Waals surface area contributed by atoms with E-state index < -0.39 is 0 Å². The standard InChI is InChI=1S/C20H14ClN3O2S/c1-12(25)14-3-2-8-24(9-14)10-17-22-19(26)18-16(11-27-20(18)23-17)13-4-6-15(21)7-5-13/h2-9,11H,10H2,1H3/p+1. The van der Waals surface area contributed by atoms with E-state index in [0.717, 1.165) is 11.1 Å². The lowest BCUT2D eigenvalue weighted by Gasteiger charge is -2.02. The third-order valence-corrected chi connectivity index (χ3v) is 5.37. The number of carbonyl (C=O) groups excluding carboxylic acids is 1. The van der Waals surface area contributed by atoms with Gasteiger partial charge in [-0.25, -0.2) is 4.98 Å². The van der Waals surface area contributed by atoms with Crippen molar-refractivity contribution in [2.45, 2.75) is 13.5 Å². The molecule has 0 amide bonds. The van der Waals surface area contributed by atoms with Gasteiger partial charge in [0.25, 0.3) is 5.56 Å². The van der Waals surface area contributed by atoms with Gasteiger partial charge in [-0.3, -0.25) is 9.59 Å². The van der Waals surface area contributed by atoms with Crippen molar-refractivity contribution in [3.05, 3.63) is 80.9 Å². The largest absolute Gasteiger partial charge is 0.305 e. The Labute approximate surface area is 163 Å². The van der Waals surface area contributed by atoms with Gasteiger partial charge in [-0.15, -0.1) is 11.3 Å². The van der Waals surface area contributed by atoms with E-state index in [0.29, 0.717) is 33.2 Å². The van der Waals surface area contributed by atoms with Crippen molar-refractivity contribution < 1.29 is 9.36 Å². The summed E-state index contributed by atoms with van der Waals surface area (Å²) in [7, 11) is 0. The number of hydrogen-bond donors (Lipinski definition) is 1. The molecule has 0 unspecified atom stereocenters. The van der Waals surface area contributed by atoms with Gasteiger partial charge >= 0.3 is 0 Å². The van der Waals surface area contributed by atoms with Crippen molar-refractivity contribution in [3.8, 4) is 11.1 Å². The minimum absolute atomic E-state index is 0.00730. The molecule has 0 saturated heterocycles. The van der Waals surface area contributed by atoms with Gasteiger partial charge in [0.15, 0.2) is 24.0 Å². The zero-order valence-electron chi connectivity index (χ0n) is 14.4. The Morgan fingerprint density at radius 3 is 2.78 bits per heavy atom. The lowest BCUT2D eigenvalue weighted by atomic mass is 10.1. The molecule has 4 rings (SSSR count). The zero-order chi connectivity index (χ0) is 19.0. The number of Topliss-reactive ketones (excluding diaryl/α,β-unsaturated/α-hetero) is 1. The van der Waals surface area contributed by atoms with Gasteiger partial charge in [-0.05, 0) is 30.7 Å². The maximum Gasteiger partial charge on any atom is 0.260 e. The first-order chi connectivity index (χ1) is 13.0. The topological polar surface area (TPSA) is 66.7 Å². The maximum atomic E-state index is 12.7. The Kier molecular flexibility index (Phi) is 4.59. The molecular formula is C20H15ClN3O2S+. The van der Waals surface area contributed by atoms with Crippen molar-refractivity contribution in [1.82, 2.24) is 9.97 Å². The average Bonchev–Trinajstić information content (AvgIpc) is 3.07. The number of fused-ring (bicyclic) bond motifs is 1. The number of nitrogens with one attached hydrogen (secondary N) is 1. The number of H-pyrrole nitrogens is 1. The van der Waals surface area contributed by atoms with Gasteiger partial charge in [0.1, 0.15) is 4.83 Å². The lowest BCUT2D eigenvalue weighted by Crippen LogP contribution is -2.36. The van der Waals surface area contributed by atoms with Crippen LogP contribution in [-0.4, -0.2) is 15.8 Å². The van der Waals surface area contributed by atoms with Crippen molar-refractivity contribution >= 4 is 38.9 Å². The molecule has 3 aromatic heterocycles. The van der Waals surface area contributed by atoms with E-state index in [1.807, 2.05) is 28.3 Å². The number of thiophene rings is 1. The molecular weight excluding hydrogens is 382 g/mol. The molecule has 1 N–H and O–H groups in total. The summed E-state index contributed by atoms with van der Waals surface area (Å²) in [5.41, 5.74) is 2.21. The molecule has 0 fully saturated rings. The molecule has 0 radical (unpaired) electrons. The van der Waals surface area contributed by atoms with E-state index in [1.54, 1.807) is 30.5 Å². The third kappa shape index (κ3) is 3.54. The number of rotatable bonds is 4. The Hall–Kier alpha value is -2.83. The molecule has 27 heavy (non-hydrogen) atoms. The van der Waals surface area contributed by atoms with Crippen molar-refractivity contribution in [3.63, 3.8) is 0 Å². The van der Waals surface area contributed by atoms with Crippen LogP contribution in [0.1, 0.15) is 23.1 Å². The van der Waals surface area contributed by atoms with Crippen LogP contribution in [-0.2, 0) is 6.54 Å². The predicted molar refractivity (Wildman–Crippen MR) is 106 cm³/mol. The molecule has 0 saturated carbocycles. The summed E-state index contributed by atoms with van der Waals surface area (Å²) in [6, 6.07) is 10.9. The number of ketones is 1. The summed E-state index contributed by atoms with van der Waals surface area (Å²) in [5.74, 6) is 0.537. The Balaban J connectivity index is 1.73. The molecule has 0 bridgehead atoms. The van der Waals surface area contributed by atoms with E-state index in [1.165, 1.54) is 18.3 Å². The fourth-order valence-corrected chi connectivity index (χ4v) is 4.00. The Morgan fingerprint density at radius 2 is 2.04 bits per heavy atom. The normalized spacial score (nSPS) is 11.0. The molecule has 3 heterocycles. The number of halogens is 1. The molecule has 0 atom stereocenters. The first-order valence-corrected chi connectivity index (χ1v) is 9.53. The summed E-state index contributed by atoms with van der Waals surface area (Å²) < 4.78 is 1.83. The van der Waals surface area contributed by atoms with Crippen LogP contribution in [0.5, 0.6) is 0 Å². The van der Waals surface area contributed by atoms with Crippen LogP contribution in [0.25, 0.3) is 21.3 Å². The zero-order valence-corrected chi connectivity index (χ0v) is 16.0. The van der Waals surface area contributed by atoms with E-state index in [9.17, 15) is 9.59 Å². The highest BCUT2D eigenvalue weighted by atomic mass is 35.5. The second-order valence-electron chi connectivity index (χ2n) is 6.17. The van der Waals surface area contributed by atoms with Gasteiger partial charge in [0.05, 0.1) is 10.9 Å². The van der Waals surface area contributed by atoms with Gasteiger partial charge < -0.3 is 4.98 Å². The summed E-state index contributed by atoms with van der Waals surface area (Å²) in [6.45, 7) is 1.90. The lowest BCUT2D eigenvalue weighted by molar-refractivity contribution is -0.689. The molecule has 7 heteroatoms. The molecule has 4 aromatic rings. The third-order valence-electron chi connectivity index (χ3n) is 4.25. The van der Waals surface area contributed by atoms with E-state index >= 15 is 0 Å². The van der Waals surface area contributed by atoms with E-state index in [2.05, 4.69) is 9.97 Å². The SMILES string of the molecule is CC(=O)c1ccc[n+](Cc2nc3scc(-c4ccc(Cl)cc4)c3c(=O)[nH]2)c1. The number of benzene rings is 1. The first-order valence-electron chi connectivity index (χ1n) is 8.27. The summed E-state index contributed by atoms with van der Waals surface area (Å²) >= 11 is 7.38. The van der Waals surface area contributed by atoms with Gasteiger partial charge in [0.2, 0.25) is 6.54 Å². The van der Waals surface area contributed by atoms with Crippen LogP contribution in [0.4, 0.5) is 0 Å². The highest BCUT2D eigenvalue weighted by molar-refractivity contribution is 7.17. The van der Waals surface area contributed by atoms with Gasteiger partial charge in [-0.2, -0.15) is 4.57 Å². The number of nitrogens with zero attached hydrogens (tertiary/aromatic N) is 2. The highest BCUT2D eigenvalue weighted by Crippen LogP contribution is 2.31. The van der Waals surface area contributed by atoms with Gasteiger partial charge in [0, 0.05) is 22.0 Å². The first kappa shape index (κ1) is 17.6. The number of aromatic nitrogens is 3.